The van der Waals surface area contributed by atoms with Crippen molar-refractivity contribution in [3.05, 3.63) is 140 Å². The molecule has 214 valence electrons. The van der Waals surface area contributed by atoms with Crippen molar-refractivity contribution in [3.8, 4) is 17.2 Å². The summed E-state index contributed by atoms with van der Waals surface area (Å²) in [5.41, 5.74) is 11.5. The smallest absolute Gasteiger partial charge is 0.261 e. The molecule has 6 aromatic carbocycles. The monoisotopic (exact) mass is 590 g/mol. The van der Waals surface area contributed by atoms with Crippen LogP contribution in [0.25, 0.3) is 44.5 Å². The number of benzene rings is 6. The third kappa shape index (κ3) is 3.04. The lowest BCUT2D eigenvalue weighted by molar-refractivity contribution is 0.487. The molecule has 11 rings (SSSR count). The van der Waals surface area contributed by atoms with E-state index < -0.39 is 0 Å². The van der Waals surface area contributed by atoms with Crippen LogP contribution in [0.15, 0.2) is 144 Å². The summed E-state index contributed by atoms with van der Waals surface area (Å²) in [4.78, 5) is 7.42. The lowest BCUT2D eigenvalue weighted by atomic mass is 9.34. The van der Waals surface area contributed by atoms with E-state index >= 15 is 0 Å². The van der Waals surface area contributed by atoms with E-state index in [1.807, 2.05) is 24.3 Å². The van der Waals surface area contributed by atoms with Crippen molar-refractivity contribution in [2.45, 2.75) is 0 Å². The van der Waals surface area contributed by atoms with Crippen LogP contribution in [0.4, 0.5) is 17.3 Å². The average Bonchev–Trinajstić information content (AvgIpc) is 3.77. The van der Waals surface area contributed by atoms with Crippen molar-refractivity contribution in [3.63, 3.8) is 0 Å². The second-order valence-corrected chi connectivity index (χ2v) is 12.0. The number of fused-ring (bicyclic) bond motifs is 11. The topological polar surface area (TPSA) is 47.8 Å². The van der Waals surface area contributed by atoms with E-state index in [4.69, 9.17) is 14.1 Å². The number of imidazole rings is 2. The molecule has 0 amide bonds. The lowest BCUT2D eigenvalue weighted by Crippen LogP contribution is -2.59. The number of hydrogen-bond acceptors (Lipinski definition) is 4. The average molecular weight is 590 g/mol. The minimum absolute atomic E-state index is 0.0574. The van der Waals surface area contributed by atoms with Gasteiger partial charge in [-0.1, -0.05) is 78.9 Å². The number of rotatable bonds is 2. The maximum Gasteiger partial charge on any atom is 0.261 e. The summed E-state index contributed by atoms with van der Waals surface area (Å²) >= 11 is 0. The van der Waals surface area contributed by atoms with Gasteiger partial charge in [0.05, 0.1) is 33.4 Å². The Morgan fingerprint density at radius 2 is 1.33 bits per heavy atom. The molecule has 0 radical (unpaired) electrons. The first-order valence-corrected chi connectivity index (χ1v) is 15.5. The van der Waals surface area contributed by atoms with Crippen LogP contribution < -0.4 is 26.0 Å². The summed E-state index contributed by atoms with van der Waals surface area (Å²) in [7, 11) is 0. The number of aromatic nitrogens is 3. The van der Waals surface area contributed by atoms with Gasteiger partial charge in [0.25, 0.3) is 6.71 Å². The normalized spacial score (nSPS) is 13.3. The molecule has 0 N–H and O–H groups in total. The zero-order valence-electron chi connectivity index (χ0n) is 24.5. The molecule has 0 atom stereocenters. The van der Waals surface area contributed by atoms with Gasteiger partial charge in [0, 0.05) is 22.6 Å². The predicted octanol–water partition coefficient (Wildman–Crippen LogP) is 7.58. The van der Waals surface area contributed by atoms with Gasteiger partial charge in [-0.25, -0.2) is 4.98 Å². The Morgan fingerprint density at radius 1 is 0.587 bits per heavy atom. The van der Waals surface area contributed by atoms with Gasteiger partial charge in [0.15, 0.2) is 0 Å². The van der Waals surface area contributed by atoms with Crippen LogP contribution in [-0.4, -0.2) is 20.7 Å². The summed E-state index contributed by atoms with van der Waals surface area (Å²) in [6.45, 7) is -0.0574. The highest BCUT2D eigenvalue weighted by atomic mass is 16.5. The Bertz CT molecular complexity index is 2710. The molecule has 5 heterocycles. The predicted molar refractivity (Wildman–Crippen MR) is 185 cm³/mol. The van der Waals surface area contributed by atoms with Crippen molar-refractivity contribution < 1.29 is 9.15 Å². The van der Waals surface area contributed by atoms with Gasteiger partial charge in [0.1, 0.15) is 17.1 Å². The Hall–Kier alpha value is -6.21. The summed E-state index contributed by atoms with van der Waals surface area (Å²) in [5, 5.41) is 1.11. The lowest BCUT2D eigenvalue weighted by Gasteiger charge is -2.37. The second-order valence-electron chi connectivity index (χ2n) is 12.0. The Morgan fingerprint density at radius 3 is 2.24 bits per heavy atom. The number of nitrogens with zero attached hydrogens (tertiary/aromatic N) is 4. The van der Waals surface area contributed by atoms with E-state index in [9.17, 15) is 0 Å². The molecular formula is C39H23BN4O2. The highest BCUT2D eigenvalue weighted by Gasteiger charge is 2.45. The van der Waals surface area contributed by atoms with Gasteiger partial charge in [-0.15, -0.1) is 0 Å². The number of furan rings is 1. The molecule has 0 aliphatic carbocycles. The third-order valence-corrected chi connectivity index (χ3v) is 9.57. The van der Waals surface area contributed by atoms with Gasteiger partial charge in [-0.3, -0.25) is 13.9 Å². The van der Waals surface area contributed by atoms with Crippen LogP contribution in [0.3, 0.4) is 0 Å². The first-order valence-electron chi connectivity index (χ1n) is 15.5. The number of ether oxygens (including phenoxy) is 1. The fraction of sp³-hybridized carbons (Fsp3) is 0. The van der Waals surface area contributed by atoms with Gasteiger partial charge < -0.3 is 9.15 Å². The SMILES string of the molecule is c1ccc(N2c3cc(-n4c5ccccc5n5c6ccccc6nc45)cc4c3B(c3ccccc3O4)c3c2oc2ccccc32)cc1. The molecule has 0 unspecified atom stereocenters. The molecular weight excluding hydrogens is 567 g/mol. The molecule has 0 fully saturated rings. The molecule has 2 aliphatic rings. The molecule has 0 bridgehead atoms. The van der Waals surface area contributed by atoms with Crippen molar-refractivity contribution in [1.82, 2.24) is 14.0 Å². The van der Waals surface area contributed by atoms with Gasteiger partial charge >= 0.3 is 0 Å². The van der Waals surface area contributed by atoms with Crippen molar-refractivity contribution in [2.24, 2.45) is 0 Å². The highest BCUT2D eigenvalue weighted by Crippen LogP contribution is 2.44. The zero-order chi connectivity index (χ0) is 29.9. The van der Waals surface area contributed by atoms with Gasteiger partial charge in [-0.2, -0.15) is 0 Å². The summed E-state index contributed by atoms with van der Waals surface area (Å²) < 4.78 is 18.1. The first-order chi connectivity index (χ1) is 22.8. The van der Waals surface area contributed by atoms with Crippen molar-refractivity contribution >= 4 is 79.2 Å². The van der Waals surface area contributed by atoms with E-state index in [-0.39, 0.29) is 6.71 Å². The van der Waals surface area contributed by atoms with Crippen LogP contribution in [0.5, 0.6) is 11.5 Å². The molecule has 9 aromatic rings. The molecule has 6 nitrogen and oxygen atoms in total. The van der Waals surface area contributed by atoms with E-state index in [0.717, 1.165) is 89.6 Å². The Labute approximate surface area is 263 Å². The molecule has 0 saturated carbocycles. The molecule has 3 aromatic heterocycles. The molecule has 46 heavy (non-hydrogen) atoms. The van der Waals surface area contributed by atoms with Crippen LogP contribution >= 0.6 is 0 Å². The fourth-order valence-electron chi connectivity index (χ4n) is 7.72. The van der Waals surface area contributed by atoms with E-state index in [0.29, 0.717) is 0 Å². The Kier molecular flexibility index (Phi) is 4.57. The molecule has 0 saturated heterocycles. The molecule has 2 aliphatic heterocycles. The number of hydrogen-bond donors (Lipinski definition) is 0. The highest BCUT2D eigenvalue weighted by molar-refractivity contribution is 7.00. The summed E-state index contributed by atoms with van der Waals surface area (Å²) in [6, 6.07) is 48.5. The standard InChI is InChI=1S/C39H23BN4O2/c1-2-12-24(13-3-1)42-32-22-25(43-30-18-8-9-19-31(30)44-29-17-7-6-16-28(29)41-39(43)44)23-35-37(32)40(27-15-5-11-21-34(27)45-35)36-26-14-4-10-20-33(26)46-38(36)42/h1-23H. The van der Waals surface area contributed by atoms with Crippen molar-refractivity contribution in [1.29, 1.82) is 0 Å². The second kappa shape index (κ2) is 8.70. The van der Waals surface area contributed by atoms with Crippen molar-refractivity contribution in [2.75, 3.05) is 4.90 Å². The minimum atomic E-state index is -0.0574. The van der Waals surface area contributed by atoms with Gasteiger partial charge in [0.2, 0.25) is 11.7 Å². The maximum atomic E-state index is 6.84. The Balaban J connectivity index is 1.28. The quantitative estimate of drug-likeness (QED) is 0.195. The molecule has 7 heteroatoms. The maximum absolute atomic E-state index is 6.84. The summed E-state index contributed by atoms with van der Waals surface area (Å²) in [6.07, 6.45) is 0. The zero-order valence-corrected chi connectivity index (χ0v) is 24.5. The first kappa shape index (κ1) is 24.2. The molecule has 0 spiro atoms. The van der Waals surface area contributed by atoms with E-state index in [1.54, 1.807) is 0 Å². The van der Waals surface area contributed by atoms with E-state index in [1.165, 1.54) is 0 Å². The largest absolute Gasteiger partial charge is 0.458 e. The fourth-order valence-corrected chi connectivity index (χ4v) is 7.72. The number of anilines is 3. The van der Waals surface area contributed by atoms with Crippen LogP contribution in [0.1, 0.15) is 0 Å². The van der Waals surface area contributed by atoms with Crippen LogP contribution in [0.2, 0.25) is 0 Å². The van der Waals surface area contributed by atoms with Crippen LogP contribution in [0, 0.1) is 0 Å². The third-order valence-electron chi connectivity index (χ3n) is 9.57. The van der Waals surface area contributed by atoms with Gasteiger partial charge in [-0.05, 0) is 65.5 Å². The van der Waals surface area contributed by atoms with E-state index in [2.05, 4.69) is 129 Å². The minimum Gasteiger partial charge on any atom is -0.458 e. The number of para-hydroxylation sites is 7. The van der Waals surface area contributed by atoms with Crippen LogP contribution in [-0.2, 0) is 0 Å². The summed E-state index contributed by atoms with van der Waals surface area (Å²) in [5.74, 6) is 3.38.